The number of nitrogens with one attached hydrogen (secondary N) is 1. The molecule has 26 heavy (non-hydrogen) atoms. The highest BCUT2D eigenvalue weighted by Gasteiger charge is 2.26. The number of piperidine rings is 1. The van der Waals surface area contributed by atoms with Gasteiger partial charge in [-0.05, 0) is 31.5 Å². The Balaban J connectivity index is 1.43. The maximum Gasteiger partial charge on any atom is 0.239 e. The van der Waals surface area contributed by atoms with Crippen molar-refractivity contribution >= 4 is 22.8 Å². The molecule has 4 rings (SSSR count). The van der Waals surface area contributed by atoms with Gasteiger partial charge in [-0.25, -0.2) is 4.98 Å². The van der Waals surface area contributed by atoms with Crippen molar-refractivity contribution in [3.05, 3.63) is 42.4 Å². The Morgan fingerprint density at radius 3 is 2.88 bits per heavy atom. The highest BCUT2D eigenvalue weighted by molar-refractivity contribution is 5.91. The lowest BCUT2D eigenvalue weighted by Gasteiger charge is -2.31. The van der Waals surface area contributed by atoms with E-state index < -0.39 is 0 Å². The molecule has 136 valence electrons. The molecule has 3 aromatic rings. The van der Waals surface area contributed by atoms with E-state index in [4.69, 9.17) is 4.98 Å². The molecule has 1 aromatic carbocycles. The summed E-state index contributed by atoms with van der Waals surface area (Å²) in [5.74, 6) is 2.04. The van der Waals surface area contributed by atoms with Gasteiger partial charge in [0.15, 0.2) is 5.82 Å². The van der Waals surface area contributed by atoms with Crippen molar-refractivity contribution in [2.45, 2.75) is 18.8 Å². The molecule has 1 N–H and O–H groups in total. The average Bonchev–Trinajstić information content (AvgIpc) is 3.19. The topological polar surface area (TPSA) is 68.0 Å². The van der Waals surface area contributed by atoms with Crippen LogP contribution in [-0.4, -0.2) is 49.8 Å². The van der Waals surface area contributed by atoms with Crippen LogP contribution in [-0.2, 0) is 18.9 Å². The minimum atomic E-state index is -0.0191. The van der Waals surface area contributed by atoms with Gasteiger partial charge < -0.3 is 9.88 Å². The van der Waals surface area contributed by atoms with Crippen LogP contribution in [0.15, 0.2) is 36.5 Å². The van der Waals surface area contributed by atoms with Crippen molar-refractivity contribution in [2.75, 3.05) is 25.0 Å². The lowest BCUT2D eigenvalue weighted by Crippen LogP contribution is -2.40. The summed E-state index contributed by atoms with van der Waals surface area (Å²) < 4.78 is 3.87. The van der Waals surface area contributed by atoms with Gasteiger partial charge in [-0.15, -0.1) is 0 Å². The van der Waals surface area contributed by atoms with Crippen molar-refractivity contribution in [1.29, 1.82) is 0 Å². The first kappa shape index (κ1) is 16.8. The van der Waals surface area contributed by atoms with E-state index >= 15 is 0 Å². The number of carbonyl (C=O) groups excluding carboxylic acids is 1. The first-order chi connectivity index (χ1) is 12.6. The molecule has 1 aliphatic rings. The fourth-order valence-corrected chi connectivity index (χ4v) is 3.81. The van der Waals surface area contributed by atoms with Crippen molar-refractivity contribution in [3.63, 3.8) is 0 Å². The zero-order chi connectivity index (χ0) is 18.1. The fourth-order valence-electron chi connectivity index (χ4n) is 3.81. The summed E-state index contributed by atoms with van der Waals surface area (Å²) in [4.78, 5) is 19.4. The van der Waals surface area contributed by atoms with E-state index in [1.807, 2.05) is 25.4 Å². The predicted molar refractivity (Wildman–Crippen MR) is 101 cm³/mol. The number of likely N-dealkylation sites (tertiary alicyclic amines) is 1. The molecule has 3 heterocycles. The van der Waals surface area contributed by atoms with Crippen LogP contribution in [0, 0.1) is 0 Å². The van der Waals surface area contributed by atoms with Gasteiger partial charge in [-0.2, -0.15) is 5.10 Å². The van der Waals surface area contributed by atoms with Gasteiger partial charge in [-0.3, -0.25) is 14.4 Å². The van der Waals surface area contributed by atoms with E-state index in [0.717, 1.165) is 42.8 Å². The second-order valence-corrected chi connectivity index (χ2v) is 7.01. The number of benzene rings is 1. The van der Waals surface area contributed by atoms with E-state index in [9.17, 15) is 4.79 Å². The Kier molecular flexibility index (Phi) is 4.46. The number of hydrogen-bond acceptors (Lipinski definition) is 4. The van der Waals surface area contributed by atoms with Gasteiger partial charge in [0.2, 0.25) is 5.91 Å². The van der Waals surface area contributed by atoms with Gasteiger partial charge in [0, 0.05) is 38.8 Å². The summed E-state index contributed by atoms with van der Waals surface area (Å²) in [6.45, 7) is 2.18. The Morgan fingerprint density at radius 1 is 1.27 bits per heavy atom. The normalized spacial score (nSPS) is 18.3. The summed E-state index contributed by atoms with van der Waals surface area (Å²) in [6, 6.07) is 10.0. The lowest BCUT2D eigenvalue weighted by atomic mass is 9.97. The van der Waals surface area contributed by atoms with Crippen LogP contribution in [0.3, 0.4) is 0 Å². The number of nitrogens with zero attached hydrogens (tertiary/aromatic N) is 5. The standard InChI is InChI=1S/C19H24N6O/c1-23-11-9-17(22-23)21-18(26)13-25-10-5-6-14(12-25)19-20-15-7-3-4-8-16(15)24(19)2/h3-4,7-9,11,14H,5-6,10,12-13H2,1-2H3,(H,21,22,26)/t14-/m1/s1. The number of anilines is 1. The Hall–Kier alpha value is -2.67. The maximum atomic E-state index is 12.3. The van der Waals surface area contributed by atoms with Gasteiger partial charge in [0.05, 0.1) is 17.6 Å². The molecule has 0 saturated carbocycles. The predicted octanol–water partition coefficient (Wildman–Crippen LogP) is 2.12. The molecule has 0 radical (unpaired) electrons. The second-order valence-electron chi connectivity index (χ2n) is 7.01. The third kappa shape index (κ3) is 3.35. The van der Waals surface area contributed by atoms with Crippen LogP contribution in [0.4, 0.5) is 5.82 Å². The Labute approximate surface area is 152 Å². The first-order valence-corrected chi connectivity index (χ1v) is 9.03. The molecule has 0 bridgehead atoms. The molecule has 1 atom stereocenters. The molecule has 0 spiro atoms. The molecule has 7 heteroatoms. The van der Waals surface area contributed by atoms with Crippen LogP contribution >= 0.6 is 0 Å². The Bertz CT molecular complexity index is 927. The summed E-state index contributed by atoms with van der Waals surface area (Å²) in [6.07, 6.45) is 4.00. The lowest BCUT2D eigenvalue weighted by molar-refractivity contribution is -0.117. The highest BCUT2D eigenvalue weighted by Crippen LogP contribution is 2.28. The number of aromatic nitrogens is 4. The van der Waals surface area contributed by atoms with Gasteiger partial charge in [0.1, 0.15) is 5.82 Å². The van der Waals surface area contributed by atoms with Gasteiger partial charge >= 0.3 is 0 Å². The van der Waals surface area contributed by atoms with Crippen LogP contribution in [0.5, 0.6) is 0 Å². The molecular formula is C19H24N6O. The molecule has 0 unspecified atom stereocenters. The number of hydrogen-bond donors (Lipinski definition) is 1. The maximum absolute atomic E-state index is 12.3. The smallest absolute Gasteiger partial charge is 0.239 e. The minimum absolute atomic E-state index is 0.0191. The number of aryl methyl sites for hydroxylation is 2. The third-order valence-corrected chi connectivity index (χ3v) is 5.04. The fraction of sp³-hybridized carbons (Fsp3) is 0.421. The van der Waals surface area contributed by atoms with Gasteiger partial charge in [0.25, 0.3) is 0 Å². The number of fused-ring (bicyclic) bond motifs is 1. The number of amides is 1. The van der Waals surface area contributed by atoms with E-state index in [-0.39, 0.29) is 5.91 Å². The highest BCUT2D eigenvalue weighted by atomic mass is 16.2. The van der Waals surface area contributed by atoms with Crippen molar-refractivity contribution in [1.82, 2.24) is 24.2 Å². The monoisotopic (exact) mass is 352 g/mol. The number of imidazole rings is 1. The summed E-state index contributed by atoms with van der Waals surface area (Å²) in [7, 11) is 3.92. The van der Waals surface area contributed by atoms with Crippen molar-refractivity contribution in [2.24, 2.45) is 14.1 Å². The van der Waals surface area contributed by atoms with E-state index in [1.54, 1.807) is 10.7 Å². The first-order valence-electron chi connectivity index (χ1n) is 9.03. The van der Waals surface area contributed by atoms with Crippen LogP contribution in [0.25, 0.3) is 11.0 Å². The minimum Gasteiger partial charge on any atom is -0.331 e. The summed E-state index contributed by atoms with van der Waals surface area (Å²) in [5.41, 5.74) is 2.20. The summed E-state index contributed by atoms with van der Waals surface area (Å²) >= 11 is 0. The van der Waals surface area contributed by atoms with Crippen molar-refractivity contribution < 1.29 is 4.79 Å². The van der Waals surface area contributed by atoms with E-state index in [1.165, 1.54) is 0 Å². The quantitative estimate of drug-likeness (QED) is 0.781. The zero-order valence-electron chi connectivity index (χ0n) is 15.2. The van der Waals surface area contributed by atoms with E-state index in [2.05, 4.69) is 39.1 Å². The SMILES string of the molecule is Cn1ccc(NC(=O)CN2CCC[C@@H](c3nc4ccccc4n3C)C2)n1. The largest absolute Gasteiger partial charge is 0.331 e. The molecule has 1 amide bonds. The number of para-hydroxylation sites is 2. The molecule has 1 fully saturated rings. The third-order valence-electron chi connectivity index (χ3n) is 5.04. The summed E-state index contributed by atoms with van der Waals surface area (Å²) in [5, 5.41) is 7.06. The van der Waals surface area contributed by atoms with Gasteiger partial charge in [-0.1, -0.05) is 12.1 Å². The molecular weight excluding hydrogens is 328 g/mol. The van der Waals surface area contributed by atoms with Crippen LogP contribution in [0.2, 0.25) is 0 Å². The number of rotatable bonds is 4. The number of carbonyl (C=O) groups is 1. The molecule has 0 aliphatic carbocycles. The molecule has 2 aromatic heterocycles. The Morgan fingerprint density at radius 2 is 2.12 bits per heavy atom. The van der Waals surface area contributed by atoms with Crippen LogP contribution < -0.4 is 5.32 Å². The molecule has 1 aliphatic heterocycles. The zero-order valence-corrected chi connectivity index (χ0v) is 15.2. The average molecular weight is 352 g/mol. The molecule has 1 saturated heterocycles. The van der Waals surface area contributed by atoms with Crippen LogP contribution in [0.1, 0.15) is 24.6 Å². The van der Waals surface area contributed by atoms with Crippen molar-refractivity contribution in [3.8, 4) is 0 Å². The molecule has 7 nitrogen and oxygen atoms in total. The van der Waals surface area contributed by atoms with E-state index in [0.29, 0.717) is 18.3 Å². The second kappa shape index (κ2) is 6.92.